The number of aliphatic hydroxyl groups is 1. The molecule has 2 heterocycles. The smallest absolute Gasteiger partial charge is 0.154 e. The van der Waals surface area contributed by atoms with E-state index in [0.29, 0.717) is 6.54 Å². The topological polar surface area (TPSA) is 66.4 Å². The lowest BCUT2D eigenvalue weighted by Crippen LogP contribution is -2.38. The first-order valence-corrected chi connectivity index (χ1v) is 8.25. The molecule has 2 rings (SSSR count). The van der Waals surface area contributed by atoms with Gasteiger partial charge in [0.2, 0.25) is 0 Å². The van der Waals surface area contributed by atoms with Gasteiger partial charge in [0.15, 0.2) is 9.84 Å². The molecule has 1 aliphatic heterocycles. The zero-order chi connectivity index (χ0) is 11.8. The fourth-order valence-corrected chi connectivity index (χ4v) is 4.91. The van der Waals surface area contributed by atoms with Crippen molar-refractivity contribution in [2.24, 2.45) is 0 Å². The third-order valence-corrected chi connectivity index (χ3v) is 5.83. The molecule has 0 saturated carbocycles. The molecule has 1 fully saturated rings. The number of sulfone groups is 1. The Morgan fingerprint density at radius 1 is 1.50 bits per heavy atom. The van der Waals surface area contributed by atoms with E-state index in [1.165, 1.54) is 0 Å². The number of hydrogen-bond donors (Lipinski definition) is 2. The van der Waals surface area contributed by atoms with Gasteiger partial charge in [-0.3, -0.25) is 0 Å². The predicted octanol–water partition coefficient (Wildman–Crippen LogP) is 0.758. The summed E-state index contributed by atoms with van der Waals surface area (Å²) in [5.74, 6) is -0.0977. The first-order valence-electron chi connectivity index (χ1n) is 4.82. The van der Waals surface area contributed by atoms with Crippen molar-refractivity contribution in [2.45, 2.75) is 18.7 Å². The van der Waals surface area contributed by atoms with Crippen molar-refractivity contribution in [3.63, 3.8) is 0 Å². The molecule has 1 aromatic rings. The average molecular weight is 326 g/mol. The van der Waals surface area contributed by atoms with Gasteiger partial charge in [0.25, 0.3) is 0 Å². The minimum atomic E-state index is -3.06. The molecule has 2 N–H and O–H groups in total. The van der Waals surface area contributed by atoms with Crippen LogP contribution in [0.25, 0.3) is 0 Å². The number of halogens is 1. The molecule has 16 heavy (non-hydrogen) atoms. The summed E-state index contributed by atoms with van der Waals surface area (Å²) in [5, 5.41) is 12.6. The van der Waals surface area contributed by atoms with Gasteiger partial charge in [-0.05, 0) is 28.1 Å². The maximum Gasteiger partial charge on any atom is 0.154 e. The molecule has 7 heteroatoms. The van der Waals surface area contributed by atoms with Crippen LogP contribution in [-0.2, 0) is 16.4 Å². The van der Waals surface area contributed by atoms with Crippen molar-refractivity contribution in [2.75, 3.05) is 11.5 Å². The monoisotopic (exact) mass is 325 g/mol. The number of thiophene rings is 1. The highest BCUT2D eigenvalue weighted by atomic mass is 79.9. The molecule has 2 unspecified atom stereocenters. The fraction of sp³-hybridized carbons (Fsp3) is 0.556. The number of nitrogens with one attached hydrogen (secondary N) is 1. The number of rotatable bonds is 3. The quantitative estimate of drug-likeness (QED) is 0.861. The van der Waals surface area contributed by atoms with E-state index in [-0.39, 0.29) is 17.5 Å². The van der Waals surface area contributed by atoms with E-state index >= 15 is 0 Å². The Kier molecular flexibility index (Phi) is 3.70. The standard InChI is InChI=1S/C9H12BrNO3S2/c10-9-2-1-6(15-9)3-11-7-4-16(13,14)5-8(7)12/h1-2,7-8,11-12H,3-5H2. The van der Waals surface area contributed by atoms with Gasteiger partial charge < -0.3 is 10.4 Å². The van der Waals surface area contributed by atoms with Crippen molar-refractivity contribution >= 4 is 37.1 Å². The van der Waals surface area contributed by atoms with Crippen molar-refractivity contribution in [3.05, 3.63) is 20.8 Å². The molecule has 1 aliphatic rings. The second-order valence-corrected chi connectivity index (χ2v) is 8.54. The first-order chi connectivity index (χ1) is 7.46. The van der Waals surface area contributed by atoms with Crippen LogP contribution in [-0.4, -0.2) is 37.2 Å². The molecule has 1 aromatic heterocycles. The summed E-state index contributed by atoms with van der Waals surface area (Å²) in [6.07, 6.45) is -0.784. The van der Waals surface area contributed by atoms with Gasteiger partial charge in [-0.1, -0.05) is 0 Å². The minimum absolute atomic E-state index is 0.0285. The third-order valence-electron chi connectivity index (χ3n) is 2.49. The first kappa shape index (κ1) is 12.5. The lowest BCUT2D eigenvalue weighted by molar-refractivity contribution is 0.165. The van der Waals surface area contributed by atoms with Crippen LogP contribution in [0.4, 0.5) is 0 Å². The zero-order valence-corrected chi connectivity index (χ0v) is 11.6. The van der Waals surface area contributed by atoms with Crippen molar-refractivity contribution in [1.29, 1.82) is 0 Å². The van der Waals surface area contributed by atoms with E-state index in [2.05, 4.69) is 21.2 Å². The van der Waals surface area contributed by atoms with Gasteiger partial charge in [-0.15, -0.1) is 11.3 Å². The van der Waals surface area contributed by atoms with Gasteiger partial charge in [-0.2, -0.15) is 0 Å². The Morgan fingerprint density at radius 3 is 2.75 bits per heavy atom. The van der Waals surface area contributed by atoms with Gasteiger partial charge in [-0.25, -0.2) is 8.42 Å². The van der Waals surface area contributed by atoms with Crippen molar-refractivity contribution in [1.82, 2.24) is 5.32 Å². The SMILES string of the molecule is O=S1(=O)CC(O)C(NCc2ccc(Br)s2)C1. The van der Waals surface area contributed by atoms with Gasteiger partial charge in [0.05, 0.1) is 21.4 Å². The highest BCUT2D eigenvalue weighted by molar-refractivity contribution is 9.11. The third kappa shape index (κ3) is 3.04. The Balaban J connectivity index is 1.92. The fourth-order valence-electron chi connectivity index (χ4n) is 1.70. The zero-order valence-electron chi connectivity index (χ0n) is 8.39. The molecule has 0 radical (unpaired) electrons. The van der Waals surface area contributed by atoms with Crippen LogP contribution in [0.3, 0.4) is 0 Å². The van der Waals surface area contributed by atoms with E-state index in [4.69, 9.17) is 0 Å². The summed E-state index contributed by atoms with van der Waals surface area (Å²) in [6.45, 7) is 0.591. The van der Waals surface area contributed by atoms with Gasteiger partial charge in [0.1, 0.15) is 0 Å². The predicted molar refractivity (Wildman–Crippen MR) is 67.3 cm³/mol. The Morgan fingerprint density at radius 2 is 2.25 bits per heavy atom. The summed E-state index contributed by atoms with van der Waals surface area (Å²) in [6, 6.07) is 3.58. The molecule has 2 atom stereocenters. The van der Waals surface area contributed by atoms with Crippen LogP contribution < -0.4 is 5.32 Å². The number of aliphatic hydroxyl groups excluding tert-OH is 1. The summed E-state index contributed by atoms with van der Waals surface area (Å²) in [4.78, 5) is 1.11. The molecule has 90 valence electrons. The van der Waals surface area contributed by atoms with Crippen LogP contribution in [0.15, 0.2) is 15.9 Å². The molecule has 0 aromatic carbocycles. The second kappa shape index (κ2) is 4.73. The van der Waals surface area contributed by atoms with Crippen molar-refractivity contribution < 1.29 is 13.5 Å². The molecule has 0 spiro atoms. The van der Waals surface area contributed by atoms with Gasteiger partial charge >= 0.3 is 0 Å². The van der Waals surface area contributed by atoms with Crippen LogP contribution in [0.2, 0.25) is 0 Å². The van der Waals surface area contributed by atoms with Crippen LogP contribution in [0.1, 0.15) is 4.88 Å². The Hall–Kier alpha value is 0.0500. The maximum atomic E-state index is 11.3. The lowest BCUT2D eigenvalue weighted by atomic mass is 10.2. The summed E-state index contributed by atoms with van der Waals surface area (Å²) in [7, 11) is -3.06. The van der Waals surface area contributed by atoms with E-state index in [1.54, 1.807) is 11.3 Å². The largest absolute Gasteiger partial charge is 0.390 e. The van der Waals surface area contributed by atoms with Gasteiger partial charge in [0, 0.05) is 17.5 Å². The molecule has 0 amide bonds. The molecule has 4 nitrogen and oxygen atoms in total. The summed E-state index contributed by atoms with van der Waals surface area (Å²) in [5.41, 5.74) is 0. The molecule has 0 aliphatic carbocycles. The van der Waals surface area contributed by atoms with Crippen molar-refractivity contribution in [3.8, 4) is 0 Å². The Labute approximate surface area is 107 Å². The van der Waals surface area contributed by atoms with E-state index in [9.17, 15) is 13.5 Å². The highest BCUT2D eigenvalue weighted by Gasteiger charge is 2.35. The van der Waals surface area contributed by atoms with Crippen LogP contribution >= 0.6 is 27.3 Å². The average Bonchev–Trinajstić information content (AvgIpc) is 2.67. The minimum Gasteiger partial charge on any atom is -0.390 e. The molecular weight excluding hydrogens is 314 g/mol. The van der Waals surface area contributed by atoms with Crippen LogP contribution in [0.5, 0.6) is 0 Å². The normalized spacial score (nSPS) is 28.4. The summed E-state index contributed by atoms with van der Waals surface area (Å²) >= 11 is 4.96. The van der Waals surface area contributed by atoms with E-state index < -0.39 is 15.9 Å². The molecule has 0 bridgehead atoms. The highest BCUT2D eigenvalue weighted by Crippen LogP contribution is 2.22. The molecular formula is C9H12BrNO3S2. The Bertz CT molecular complexity index is 471. The van der Waals surface area contributed by atoms with E-state index in [0.717, 1.165) is 8.66 Å². The summed E-state index contributed by atoms with van der Waals surface area (Å²) < 4.78 is 23.6. The van der Waals surface area contributed by atoms with Crippen LogP contribution in [0, 0.1) is 0 Å². The van der Waals surface area contributed by atoms with E-state index in [1.807, 2.05) is 12.1 Å². The maximum absolute atomic E-state index is 11.3. The number of hydrogen-bond acceptors (Lipinski definition) is 5. The molecule has 1 saturated heterocycles. The lowest BCUT2D eigenvalue weighted by Gasteiger charge is -2.13. The second-order valence-electron chi connectivity index (χ2n) is 3.84.